The van der Waals surface area contributed by atoms with E-state index in [1.165, 1.54) is 32.5 Å². The van der Waals surface area contributed by atoms with E-state index < -0.39 is 10.0 Å². The van der Waals surface area contributed by atoms with Gasteiger partial charge in [0.1, 0.15) is 0 Å². The highest BCUT2D eigenvalue weighted by Gasteiger charge is 2.26. The van der Waals surface area contributed by atoms with E-state index in [0.29, 0.717) is 23.7 Å². The summed E-state index contributed by atoms with van der Waals surface area (Å²) < 4.78 is 28.5. The van der Waals surface area contributed by atoms with Gasteiger partial charge in [-0.25, -0.2) is 8.42 Å². The summed E-state index contributed by atoms with van der Waals surface area (Å²) in [5, 5.41) is 8.71. The molecule has 1 aromatic carbocycles. The Balaban J connectivity index is 1.53. The molecule has 0 aliphatic carbocycles. The molecule has 2 aromatic heterocycles. The number of nitrogens with one attached hydrogen (secondary N) is 1. The van der Waals surface area contributed by atoms with Crippen molar-refractivity contribution in [3.63, 3.8) is 0 Å². The van der Waals surface area contributed by atoms with Crippen LogP contribution in [0.1, 0.15) is 34.5 Å². The second-order valence-corrected chi connectivity index (χ2v) is 9.90. The lowest BCUT2D eigenvalue weighted by Crippen LogP contribution is -2.35. The number of amides is 1. The van der Waals surface area contributed by atoms with Crippen LogP contribution < -0.4 is 11.1 Å². The van der Waals surface area contributed by atoms with Crippen molar-refractivity contribution in [2.75, 3.05) is 24.1 Å². The summed E-state index contributed by atoms with van der Waals surface area (Å²) in [6, 6.07) is 8.18. The van der Waals surface area contributed by atoms with Crippen molar-refractivity contribution < 1.29 is 13.2 Å². The molecule has 3 heterocycles. The number of hydrogen-bond donors (Lipinski definition) is 2. The van der Waals surface area contributed by atoms with Crippen LogP contribution >= 0.6 is 11.3 Å². The largest absolute Gasteiger partial charge is 0.368 e. The summed E-state index contributed by atoms with van der Waals surface area (Å²) in [6.45, 7) is 2.95. The number of nitrogens with zero attached hydrogens (tertiary/aromatic N) is 4. The van der Waals surface area contributed by atoms with Crippen LogP contribution in [0.3, 0.4) is 0 Å². The summed E-state index contributed by atoms with van der Waals surface area (Å²) >= 11 is 1.33. The third-order valence-corrected chi connectivity index (χ3v) is 7.89. The van der Waals surface area contributed by atoms with Crippen LogP contribution in [0.15, 0.2) is 40.6 Å². The van der Waals surface area contributed by atoms with E-state index in [4.69, 9.17) is 5.73 Å². The van der Waals surface area contributed by atoms with Crippen molar-refractivity contribution >= 4 is 39.2 Å². The van der Waals surface area contributed by atoms with Gasteiger partial charge in [0.2, 0.25) is 16.0 Å². The molecule has 1 fully saturated rings. The molecule has 0 spiro atoms. The fraction of sp³-hybridized carbons (Fsp3) is 0.316. The van der Waals surface area contributed by atoms with Gasteiger partial charge in [-0.1, -0.05) is 6.42 Å². The Kier molecular flexibility index (Phi) is 5.58. The molecule has 9 nitrogen and oxygen atoms in total. The summed E-state index contributed by atoms with van der Waals surface area (Å²) in [4.78, 5) is 17.3. The normalized spacial score (nSPS) is 15.2. The minimum Gasteiger partial charge on any atom is -0.368 e. The van der Waals surface area contributed by atoms with Crippen molar-refractivity contribution in [1.29, 1.82) is 0 Å². The molecule has 0 saturated carbocycles. The first-order chi connectivity index (χ1) is 14.4. The lowest BCUT2D eigenvalue weighted by molar-refractivity contribution is 0.102. The predicted molar refractivity (Wildman–Crippen MR) is 115 cm³/mol. The Bertz CT molecular complexity index is 1160. The van der Waals surface area contributed by atoms with E-state index in [0.717, 1.165) is 24.8 Å². The first-order valence-electron chi connectivity index (χ1n) is 9.55. The summed E-state index contributed by atoms with van der Waals surface area (Å²) in [7, 11) is -3.51. The Morgan fingerprint density at radius 1 is 1.13 bits per heavy atom. The van der Waals surface area contributed by atoms with E-state index >= 15 is 0 Å². The van der Waals surface area contributed by atoms with Gasteiger partial charge in [-0.2, -0.15) is 14.0 Å². The zero-order valence-electron chi connectivity index (χ0n) is 16.4. The van der Waals surface area contributed by atoms with Gasteiger partial charge in [-0.3, -0.25) is 10.1 Å². The Hall–Kier alpha value is -2.76. The lowest BCUT2D eigenvalue weighted by Gasteiger charge is -2.25. The molecule has 0 radical (unpaired) electrons. The molecule has 3 aromatic rings. The summed E-state index contributed by atoms with van der Waals surface area (Å²) in [6.07, 6.45) is 2.82. The second-order valence-electron chi connectivity index (χ2n) is 7.05. The molecule has 4 rings (SSSR count). The van der Waals surface area contributed by atoms with Gasteiger partial charge in [0.15, 0.2) is 0 Å². The number of aryl methyl sites for hydroxylation is 1. The van der Waals surface area contributed by atoms with Gasteiger partial charge < -0.3 is 5.73 Å². The minimum atomic E-state index is -3.51. The predicted octanol–water partition coefficient (Wildman–Crippen LogP) is 2.65. The van der Waals surface area contributed by atoms with Gasteiger partial charge in [0, 0.05) is 13.1 Å². The van der Waals surface area contributed by atoms with Crippen molar-refractivity contribution in [3.05, 3.63) is 46.2 Å². The maximum atomic E-state index is 12.8. The second kappa shape index (κ2) is 8.17. The molecule has 1 aliphatic heterocycles. The Labute approximate surface area is 178 Å². The molecule has 1 aliphatic rings. The first-order valence-corrected chi connectivity index (χ1v) is 11.9. The zero-order chi connectivity index (χ0) is 21.3. The van der Waals surface area contributed by atoms with Crippen LogP contribution in [-0.4, -0.2) is 46.5 Å². The fourth-order valence-electron chi connectivity index (χ4n) is 3.34. The molecule has 0 atom stereocenters. The highest BCUT2D eigenvalue weighted by molar-refractivity contribution is 7.89. The number of aromatic nitrogens is 3. The number of anilines is 2. The van der Waals surface area contributed by atoms with Crippen molar-refractivity contribution in [1.82, 2.24) is 19.1 Å². The average Bonchev–Trinajstić information content (AvgIpc) is 3.34. The Morgan fingerprint density at radius 3 is 2.47 bits per heavy atom. The van der Waals surface area contributed by atoms with Gasteiger partial charge in [-0.15, -0.1) is 16.4 Å². The molecular weight excluding hydrogens is 424 g/mol. The van der Waals surface area contributed by atoms with Crippen LogP contribution in [0, 0.1) is 6.92 Å². The van der Waals surface area contributed by atoms with Crippen molar-refractivity contribution in [2.45, 2.75) is 31.1 Å². The van der Waals surface area contributed by atoms with Crippen LogP contribution in [0.5, 0.6) is 0 Å². The molecule has 3 N–H and O–H groups in total. The quantitative estimate of drug-likeness (QED) is 0.621. The maximum Gasteiger partial charge on any atom is 0.268 e. The van der Waals surface area contributed by atoms with E-state index in [9.17, 15) is 13.2 Å². The van der Waals surface area contributed by atoms with Gasteiger partial charge in [-0.05, 0) is 61.0 Å². The highest BCUT2D eigenvalue weighted by Crippen LogP contribution is 2.23. The van der Waals surface area contributed by atoms with E-state index in [-0.39, 0.29) is 22.7 Å². The number of carbonyl (C=O) groups excluding carboxylic acids is 1. The number of nitrogen functional groups attached to an aromatic ring is 1. The van der Waals surface area contributed by atoms with E-state index in [1.807, 2.05) is 18.4 Å². The molecule has 0 unspecified atom stereocenters. The number of thiophene rings is 1. The van der Waals surface area contributed by atoms with Crippen molar-refractivity contribution in [3.8, 4) is 5.69 Å². The molecule has 158 valence electrons. The molecular formula is C19H22N6O3S2. The van der Waals surface area contributed by atoms with Crippen LogP contribution in [0.2, 0.25) is 0 Å². The molecule has 0 bridgehead atoms. The minimum absolute atomic E-state index is 0.0790. The smallest absolute Gasteiger partial charge is 0.268 e. The van der Waals surface area contributed by atoms with Crippen molar-refractivity contribution in [2.24, 2.45) is 0 Å². The standard InChI is InChI=1S/C19H22N6O3S2/c1-13-9-12-29-16(13)17(26)21-19-22-18(20)25(23-19)14-5-7-15(8-6-14)30(27,28)24-10-3-2-4-11-24/h5-9,12H,2-4,10-11H2,1H3,(H3,20,21,22,23,26). The third kappa shape index (κ3) is 3.95. The Morgan fingerprint density at radius 2 is 1.83 bits per heavy atom. The van der Waals surface area contributed by atoms with Crippen LogP contribution in [-0.2, 0) is 10.0 Å². The average molecular weight is 447 g/mol. The molecule has 30 heavy (non-hydrogen) atoms. The van der Waals surface area contributed by atoms with E-state index in [1.54, 1.807) is 12.1 Å². The van der Waals surface area contributed by atoms with Crippen LogP contribution in [0.25, 0.3) is 5.69 Å². The zero-order valence-corrected chi connectivity index (χ0v) is 18.0. The van der Waals surface area contributed by atoms with Gasteiger partial charge in [0.05, 0.1) is 15.5 Å². The number of rotatable bonds is 5. The number of nitrogens with two attached hydrogens (primary N) is 1. The van der Waals surface area contributed by atoms with Gasteiger partial charge in [0.25, 0.3) is 11.9 Å². The lowest BCUT2D eigenvalue weighted by atomic mass is 10.2. The molecule has 1 amide bonds. The van der Waals surface area contributed by atoms with E-state index in [2.05, 4.69) is 15.4 Å². The van der Waals surface area contributed by atoms with Crippen LogP contribution in [0.4, 0.5) is 11.9 Å². The SMILES string of the molecule is Cc1ccsc1C(=O)Nc1nc(N)n(-c2ccc(S(=O)(=O)N3CCCCC3)cc2)n1. The maximum absolute atomic E-state index is 12.8. The first kappa shape index (κ1) is 20.5. The summed E-state index contributed by atoms with van der Waals surface area (Å²) in [5.41, 5.74) is 7.37. The molecule has 1 saturated heterocycles. The number of hydrogen-bond acceptors (Lipinski definition) is 7. The fourth-order valence-corrected chi connectivity index (χ4v) is 5.68. The monoisotopic (exact) mass is 446 g/mol. The number of piperidine rings is 1. The molecule has 11 heteroatoms. The third-order valence-electron chi connectivity index (χ3n) is 4.96. The number of sulfonamides is 1. The number of benzene rings is 1. The summed E-state index contributed by atoms with van der Waals surface area (Å²) in [5.74, 6) is -0.141. The van der Waals surface area contributed by atoms with Gasteiger partial charge >= 0.3 is 0 Å². The highest BCUT2D eigenvalue weighted by atomic mass is 32.2. The topological polar surface area (TPSA) is 123 Å². The number of carbonyl (C=O) groups is 1.